The van der Waals surface area contributed by atoms with E-state index in [1.54, 1.807) is 0 Å². The van der Waals surface area contributed by atoms with Crippen molar-refractivity contribution in [1.29, 1.82) is 0 Å². The lowest BCUT2D eigenvalue weighted by atomic mass is 10.2. The molecule has 0 saturated carbocycles. The Bertz CT molecular complexity index is 809. The van der Waals surface area contributed by atoms with E-state index in [-0.39, 0.29) is 9.90 Å². The van der Waals surface area contributed by atoms with Crippen LogP contribution in [0.2, 0.25) is 0 Å². The molecule has 0 aliphatic carbocycles. The number of hydrogen-bond acceptors (Lipinski definition) is 4. The normalized spacial score (nSPS) is 16.8. The van der Waals surface area contributed by atoms with Gasteiger partial charge in [0, 0.05) is 19.3 Å². The molecule has 2 aromatic heterocycles. The molecule has 3 heterocycles. The smallest absolute Gasteiger partial charge is 0.255 e. The van der Waals surface area contributed by atoms with E-state index in [0.29, 0.717) is 18.0 Å². The molecular formula is C14H13F3N2O2S2. The zero-order valence-electron chi connectivity index (χ0n) is 11.9. The summed E-state index contributed by atoms with van der Waals surface area (Å²) < 4.78 is 64.7. The molecule has 0 amide bonds. The van der Waals surface area contributed by atoms with Crippen LogP contribution in [0, 0.1) is 0 Å². The average Bonchev–Trinajstić information content (AvgIpc) is 3.18. The number of thiophene rings is 1. The molecule has 23 heavy (non-hydrogen) atoms. The third kappa shape index (κ3) is 3.26. The van der Waals surface area contributed by atoms with Crippen molar-refractivity contribution < 1.29 is 21.6 Å². The summed E-state index contributed by atoms with van der Waals surface area (Å²) in [6.07, 6.45) is -1.73. The quantitative estimate of drug-likeness (QED) is 0.838. The van der Waals surface area contributed by atoms with Crippen LogP contribution in [0.4, 0.5) is 13.2 Å². The van der Waals surface area contributed by atoms with Gasteiger partial charge < -0.3 is 0 Å². The van der Waals surface area contributed by atoms with Crippen molar-refractivity contribution in [2.24, 2.45) is 0 Å². The molecule has 0 N–H and O–H groups in total. The Hall–Kier alpha value is -1.45. The number of aromatic nitrogens is 1. The fourth-order valence-electron chi connectivity index (χ4n) is 2.39. The zero-order chi connectivity index (χ0) is 16.7. The van der Waals surface area contributed by atoms with Crippen LogP contribution >= 0.6 is 11.3 Å². The summed E-state index contributed by atoms with van der Waals surface area (Å²) >= 11 is 0.940. The lowest BCUT2D eigenvalue weighted by Crippen LogP contribution is -2.27. The average molecular weight is 362 g/mol. The first-order valence-electron chi connectivity index (χ1n) is 6.92. The molecule has 2 aromatic rings. The number of halogens is 3. The highest BCUT2D eigenvalue weighted by molar-refractivity contribution is 7.91. The van der Waals surface area contributed by atoms with Gasteiger partial charge in [0.25, 0.3) is 10.0 Å². The van der Waals surface area contributed by atoms with Crippen molar-refractivity contribution in [2.75, 3.05) is 13.1 Å². The maximum atomic E-state index is 12.8. The van der Waals surface area contributed by atoms with E-state index in [0.717, 1.165) is 42.5 Å². The highest BCUT2D eigenvalue weighted by atomic mass is 32.2. The highest BCUT2D eigenvalue weighted by Crippen LogP contribution is 2.35. The van der Waals surface area contributed by atoms with Crippen LogP contribution < -0.4 is 0 Å². The van der Waals surface area contributed by atoms with Gasteiger partial charge in [-0.3, -0.25) is 4.98 Å². The van der Waals surface area contributed by atoms with Gasteiger partial charge >= 0.3 is 6.18 Å². The molecule has 4 nitrogen and oxygen atoms in total. The summed E-state index contributed by atoms with van der Waals surface area (Å²) in [5.74, 6) is 0. The summed E-state index contributed by atoms with van der Waals surface area (Å²) in [5, 5.41) is 0. The van der Waals surface area contributed by atoms with E-state index >= 15 is 0 Å². The number of sulfonamides is 1. The third-order valence-corrected chi connectivity index (χ3v) is 7.05. The van der Waals surface area contributed by atoms with E-state index in [9.17, 15) is 21.6 Å². The van der Waals surface area contributed by atoms with Gasteiger partial charge in [-0.1, -0.05) is 0 Å². The minimum Gasteiger partial charge on any atom is -0.255 e. The molecule has 0 spiro atoms. The SMILES string of the molecule is O=S(=O)(c1ccc(-c2cc(C(F)(F)F)ccn2)s1)N1CCCC1. The standard InChI is InChI=1S/C14H13F3N2O2S2/c15-14(16,17)10-5-6-18-11(9-10)12-3-4-13(22-12)23(20,21)19-7-1-2-8-19/h3-6,9H,1-2,7-8H2. The fourth-order valence-corrected chi connectivity index (χ4v) is 5.34. The van der Waals surface area contributed by atoms with Gasteiger partial charge in [0.05, 0.1) is 16.1 Å². The first kappa shape index (κ1) is 16.4. The van der Waals surface area contributed by atoms with Crippen molar-refractivity contribution in [1.82, 2.24) is 9.29 Å². The Balaban J connectivity index is 1.93. The zero-order valence-corrected chi connectivity index (χ0v) is 13.5. The van der Waals surface area contributed by atoms with Gasteiger partial charge in [0.2, 0.25) is 0 Å². The number of rotatable bonds is 3. The Morgan fingerprint density at radius 2 is 1.83 bits per heavy atom. The minimum atomic E-state index is -4.46. The Labute approximate surface area is 135 Å². The molecule has 0 bridgehead atoms. The first-order valence-corrected chi connectivity index (χ1v) is 9.18. The van der Waals surface area contributed by atoms with Crippen LogP contribution in [-0.2, 0) is 16.2 Å². The second kappa shape index (κ2) is 5.88. The number of hydrogen-bond donors (Lipinski definition) is 0. The summed E-state index contributed by atoms with van der Waals surface area (Å²) in [5.41, 5.74) is -0.687. The second-order valence-corrected chi connectivity index (χ2v) is 8.41. The number of pyridine rings is 1. The van der Waals surface area contributed by atoms with E-state index in [1.165, 1.54) is 16.4 Å². The third-order valence-electron chi connectivity index (χ3n) is 3.58. The van der Waals surface area contributed by atoms with Crippen molar-refractivity contribution in [2.45, 2.75) is 23.2 Å². The van der Waals surface area contributed by atoms with Crippen molar-refractivity contribution in [3.05, 3.63) is 36.0 Å². The molecule has 124 valence electrons. The van der Waals surface area contributed by atoms with Crippen molar-refractivity contribution in [3.63, 3.8) is 0 Å². The fraction of sp³-hybridized carbons (Fsp3) is 0.357. The summed E-state index contributed by atoms with van der Waals surface area (Å²) in [6.45, 7) is 0.967. The first-order chi connectivity index (χ1) is 10.8. The molecule has 0 unspecified atom stereocenters. The van der Waals surface area contributed by atoms with Crippen LogP contribution in [0.25, 0.3) is 10.6 Å². The van der Waals surface area contributed by atoms with E-state index in [4.69, 9.17) is 0 Å². The van der Waals surface area contributed by atoms with Crippen LogP contribution in [0.5, 0.6) is 0 Å². The maximum Gasteiger partial charge on any atom is 0.416 e. The Morgan fingerprint density at radius 1 is 1.13 bits per heavy atom. The maximum absolute atomic E-state index is 12.8. The predicted octanol–water partition coefficient (Wildman–Crippen LogP) is 3.61. The summed E-state index contributed by atoms with van der Waals surface area (Å²) in [6, 6.07) is 4.74. The van der Waals surface area contributed by atoms with Gasteiger partial charge in [-0.2, -0.15) is 17.5 Å². The molecule has 1 fully saturated rings. The van der Waals surface area contributed by atoms with E-state index in [1.807, 2.05) is 0 Å². The minimum absolute atomic E-state index is 0.118. The molecule has 9 heteroatoms. The van der Waals surface area contributed by atoms with E-state index in [2.05, 4.69) is 4.98 Å². The number of alkyl halides is 3. The van der Waals surface area contributed by atoms with Gasteiger partial charge in [-0.15, -0.1) is 11.3 Å². The molecular weight excluding hydrogens is 349 g/mol. The van der Waals surface area contributed by atoms with Crippen LogP contribution in [0.3, 0.4) is 0 Å². The summed E-state index contributed by atoms with van der Waals surface area (Å²) in [7, 11) is -3.56. The Kier molecular flexibility index (Phi) is 4.19. The second-order valence-electron chi connectivity index (χ2n) is 5.16. The molecule has 1 saturated heterocycles. The lowest BCUT2D eigenvalue weighted by Gasteiger charge is -2.13. The van der Waals surface area contributed by atoms with Gasteiger partial charge in [-0.05, 0) is 37.1 Å². The topological polar surface area (TPSA) is 50.3 Å². The predicted molar refractivity (Wildman–Crippen MR) is 80.5 cm³/mol. The highest BCUT2D eigenvalue weighted by Gasteiger charge is 2.32. The van der Waals surface area contributed by atoms with Crippen molar-refractivity contribution >= 4 is 21.4 Å². The molecule has 0 aromatic carbocycles. The molecule has 0 atom stereocenters. The molecule has 0 radical (unpaired) electrons. The molecule has 1 aliphatic rings. The Morgan fingerprint density at radius 3 is 2.48 bits per heavy atom. The van der Waals surface area contributed by atoms with Crippen LogP contribution in [-0.4, -0.2) is 30.8 Å². The van der Waals surface area contributed by atoms with Crippen LogP contribution in [0.1, 0.15) is 18.4 Å². The van der Waals surface area contributed by atoms with Gasteiger partial charge in [-0.25, -0.2) is 8.42 Å². The van der Waals surface area contributed by atoms with Gasteiger partial charge in [0.15, 0.2) is 0 Å². The molecule has 1 aliphatic heterocycles. The number of nitrogens with zero attached hydrogens (tertiary/aromatic N) is 2. The van der Waals surface area contributed by atoms with E-state index < -0.39 is 21.8 Å². The van der Waals surface area contributed by atoms with Crippen molar-refractivity contribution in [3.8, 4) is 10.6 Å². The lowest BCUT2D eigenvalue weighted by molar-refractivity contribution is -0.137. The monoisotopic (exact) mass is 362 g/mol. The summed E-state index contributed by atoms with van der Waals surface area (Å²) in [4.78, 5) is 4.32. The molecule has 3 rings (SSSR count). The largest absolute Gasteiger partial charge is 0.416 e. The van der Waals surface area contributed by atoms with Gasteiger partial charge in [0.1, 0.15) is 4.21 Å². The van der Waals surface area contributed by atoms with Crippen LogP contribution in [0.15, 0.2) is 34.7 Å².